The van der Waals surface area contributed by atoms with Crippen LogP contribution >= 0.6 is 0 Å². The molecule has 30 heavy (non-hydrogen) atoms. The molecular weight excluding hydrogens is 382 g/mol. The Labute approximate surface area is 178 Å². The molecule has 2 amide bonds. The summed E-state index contributed by atoms with van der Waals surface area (Å²) < 4.78 is 0. The molecular formula is C23H33N3O4. The topological polar surface area (TPSA) is 99.6 Å². The van der Waals surface area contributed by atoms with Gasteiger partial charge in [0.05, 0.1) is 6.42 Å². The smallest absolute Gasteiger partial charge is 0.304 e. The summed E-state index contributed by atoms with van der Waals surface area (Å²) in [6, 6.07) is 3.08. The van der Waals surface area contributed by atoms with Crippen LogP contribution in [0.25, 0.3) is 0 Å². The highest BCUT2D eigenvalue weighted by atomic mass is 16.4. The number of amides is 2. The normalized spacial score (nSPS) is 23.0. The van der Waals surface area contributed by atoms with E-state index in [4.69, 9.17) is 0 Å². The number of nitrogens with one attached hydrogen (secondary N) is 1. The zero-order valence-electron chi connectivity index (χ0n) is 17.9. The summed E-state index contributed by atoms with van der Waals surface area (Å²) in [5.74, 6) is -2.25. The molecule has 2 atom stereocenters. The predicted octanol–water partition coefficient (Wildman–Crippen LogP) is 3.16. The van der Waals surface area contributed by atoms with Crippen molar-refractivity contribution in [3.63, 3.8) is 0 Å². The number of carboxylic acid groups (broad SMARTS) is 1. The number of hydrogen-bond donors (Lipinski definition) is 2. The minimum absolute atomic E-state index is 0.115. The maximum Gasteiger partial charge on any atom is 0.304 e. The molecule has 7 heteroatoms. The average molecular weight is 416 g/mol. The van der Waals surface area contributed by atoms with E-state index in [1.165, 1.54) is 0 Å². The summed E-state index contributed by atoms with van der Waals surface area (Å²) in [5, 5.41) is 12.1. The lowest BCUT2D eigenvalue weighted by Gasteiger charge is -2.31. The second kappa shape index (κ2) is 12.1. The van der Waals surface area contributed by atoms with E-state index >= 15 is 0 Å². The van der Waals surface area contributed by atoms with Gasteiger partial charge in [-0.15, -0.1) is 0 Å². The van der Waals surface area contributed by atoms with Crippen LogP contribution in [-0.4, -0.2) is 45.4 Å². The van der Waals surface area contributed by atoms with Crippen molar-refractivity contribution >= 4 is 17.8 Å². The fourth-order valence-electron chi connectivity index (χ4n) is 3.62. The lowest BCUT2D eigenvalue weighted by atomic mass is 9.95. The Hall–Kier alpha value is -2.70. The van der Waals surface area contributed by atoms with Crippen LogP contribution in [0.1, 0.15) is 57.9 Å². The summed E-state index contributed by atoms with van der Waals surface area (Å²) in [6.45, 7) is 4.79. The van der Waals surface area contributed by atoms with Gasteiger partial charge < -0.3 is 15.3 Å². The second-order valence-corrected chi connectivity index (χ2v) is 8.19. The molecule has 164 valence electrons. The molecule has 0 bridgehead atoms. The fourth-order valence-corrected chi connectivity index (χ4v) is 3.62. The SMILES string of the molecule is CC(C)[C@@H]1NC(=O)[C@@H](CC(=O)O)CCC/C=C/CCCN(Cc2cccnc2)C1=O. The monoisotopic (exact) mass is 415 g/mol. The summed E-state index contributed by atoms with van der Waals surface area (Å²) >= 11 is 0. The number of hydrogen-bond acceptors (Lipinski definition) is 4. The van der Waals surface area contributed by atoms with Gasteiger partial charge >= 0.3 is 5.97 Å². The van der Waals surface area contributed by atoms with Crippen LogP contribution in [0.2, 0.25) is 0 Å². The van der Waals surface area contributed by atoms with Crippen molar-refractivity contribution in [2.24, 2.45) is 11.8 Å². The van der Waals surface area contributed by atoms with Crippen LogP contribution in [0, 0.1) is 11.8 Å². The molecule has 0 radical (unpaired) electrons. The van der Waals surface area contributed by atoms with Crippen LogP contribution < -0.4 is 5.32 Å². The molecule has 1 aromatic heterocycles. The van der Waals surface area contributed by atoms with Crippen molar-refractivity contribution in [2.75, 3.05) is 6.54 Å². The lowest BCUT2D eigenvalue weighted by molar-refractivity contribution is -0.143. The van der Waals surface area contributed by atoms with Crippen LogP contribution in [0.15, 0.2) is 36.7 Å². The van der Waals surface area contributed by atoms with Crippen molar-refractivity contribution in [2.45, 2.75) is 65.0 Å². The van der Waals surface area contributed by atoms with Crippen LogP contribution in [0.3, 0.4) is 0 Å². The van der Waals surface area contributed by atoms with Gasteiger partial charge in [0, 0.05) is 31.4 Å². The van der Waals surface area contributed by atoms with Crippen LogP contribution in [-0.2, 0) is 20.9 Å². The average Bonchev–Trinajstić information content (AvgIpc) is 2.71. The van der Waals surface area contributed by atoms with E-state index in [2.05, 4.69) is 22.5 Å². The Balaban J connectivity index is 2.26. The van der Waals surface area contributed by atoms with Crippen molar-refractivity contribution in [1.29, 1.82) is 0 Å². The number of carboxylic acids is 1. The number of nitrogens with zero attached hydrogens (tertiary/aromatic N) is 2. The van der Waals surface area contributed by atoms with Crippen molar-refractivity contribution in [3.8, 4) is 0 Å². The minimum Gasteiger partial charge on any atom is -0.481 e. The third-order valence-electron chi connectivity index (χ3n) is 5.32. The Morgan fingerprint density at radius 3 is 2.63 bits per heavy atom. The van der Waals surface area contributed by atoms with Gasteiger partial charge in [0.2, 0.25) is 11.8 Å². The standard InChI is InChI=1S/C23H33N3O4/c1-17(2)21-23(30)26(16-18-10-9-12-24-15-18)13-8-6-4-3-5-7-11-19(14-20(27)28)22(29)25-21/h3-4,9-10,12,15,17,19,21H,5-8,11,13-14,16H2,1-2H3,(H,25,29)(H,27,28)/b4-3+/t19-,21+/m1/s1. The number of carbonyl (C=O) groups excluding carboxylic acids is 2. The molecule has 0 aromatic carbocycles. The first-order valence-electron chi connectivity index (χ1n) is 10.7. The highest BCUT2D eigenvalue weighted by Crippen LogP contribution is 2.18. The van der Waals surface area contributed by atoms with Crippen LogP contribution in [0.4, 0.5) is 0 Å². The van der Waals surface area contributed by atoms with Crippen molar-refractivity contribution in [1.82, 2.24) is 15.2 Å². The number of pyridine rings is 1. The molecule has 0 spiro atoms. The van der Waals surface area contributed by atoms with Gasteiger partial charge in [0.1, 0.15) is 6.04 Å². The van der Waals surface area contributed by atoms with Crippen molar-refractivity contribution < 1.29 is 19.5 Å². The molecule has 0 unspecified atom stereocenters. The first kappa shape index (κ1) is 23.6. The maximum atomic E-state index is 13.4. The molecule has 0 fully saturated rings. The molecule has 1 aliphatic heterocycles. The quantitative estimate of drug-likeness (QED) is 0.720. The molecule has 0 aliphatic carbocycles. The van der Waals surface area contributed by atoms with E-state index in [9.17, 15) is 19.5 Å². The Morgan fingerprint density at radius 2 is 2.00 bits per heavy atom. The zero-order chi connectivity index (χ0) is 21.9. The zero-order valence-corrected chi connectivity index (χ0v) is 17.9. The maximum absolute atomic E-state index is 13.4. The lowest BCUT2D eigenvalue weighted by Crippen LogP contribution is -2.52. The molecule has 2 rings (SSSR count). The number of aromatic nitrogens is 1. The minimum atomic E-state index is -1.00. The van der Waals surface area contributed by atoms with Gasteiger partial charge in [-0.2, -0.15) is 0 Å². The van der Waals surface area contributed by atoms with E-state index in [0.717, 1.165) is 31.2 Å². The molecule has 2 N–H and O–H groups in total. The number of allylic oxidation sites excluding steroid dienone is 2. The Morgan fingerprint density at radius 1 is 1.27 bits per heavy atom. The largest absolute Gasteiger partial charge is 0.481 e. The highest BCUT2D eigenvalue weighted by Gasteiger charge is 2.31. The van der Waals surface area contributed by atoms with Crippen LogP contribution in [0.5, 0.6) is 0 Å². The van der Waals surface area contributed by atoms with Gasteiger partial charge in [-0.1, -0.05) is 32.1 Å². The van der Waals surface area contributed by atoms with E-state index in [0.29, 0.717) is 19.5 Å². The third-order valence-corrected chi connectivity index (χ3v) is 5.32. The Bertz CT molecular complexity index is 733. The molecule has 7 nitrogen and oxygen atoms in total. The fraction of sp³-hybridized carbons (Fsp3) is 0.565. The first-order chi connectivity index (χ1) is 14.4. The number of rotatable bonds is 5. The highest BCUT2D eigenvalue weighted by molar-refractivity contribution is 5.90. The first-order valence-corrected chi connectivity index (χ1v) is 10.7. The molecule has 0 saturated heterocycles. The number of aliphatic carboxylic acids is 1. The summed E-state index contributed by atoms with van der Waals surface area (Å²) in [7, 11) is 0. The van der Waals surface area contributed by atoms with E-state index < -0.39 is 17.9 Å². The van der Waals surface area contributed by atoms with Crippen molar-refractivity contribution in [3.05, 3.63) is 42.2 Å². The van der Waals surface area contributed by atoms with Gasteiger partial charge in [-0.25, -0.2) is 0 Å². The summed E-state index contributed by atoms with van der Waals surface area (Å²) in [4.78, 5) is 43.4. The predicted molar refractivity (Wildman–Crippen MR) is 114 cm³/mol. The summed E-state index contributed by atoms with van der Waals surface area (Å²) in [6.07, 6.45) is 11.1. The molecule has 1 aromatic rings. The summed E-state index contributed by atoms with van der Waals surface area (Å²) in [5.41, 5.74) is 0.931. The van der Waals surface area contributed by atoms with Gasteiger partial charge in [0.25, 0.3) is 0 Å². The second-order valence-electron chi connectivity index (χ2n) is 8.19. The number of carbonyl (C=O) groups is 3. The van der Waals surface area contributed by atoms with Gasteiger partial charge in [-0.3, -0.25) is 19.4 Å². The van der Waals surface area contributed by atoms with E-state index in [1.807, 2.05) is 26.0 Å². The van der Waals surface area contributed by atoms with E-state index in [-0.39, 0.29) is 24.2 Å². The van der Waals surface area contributed by atoms with Gasteiger partial charge in [-0.05, 0) is 49.7 Å². The van der Waals surface area contributed by atoms with E-state index in [1.54, 1.807) is 17.3 Å². The molecule has 1 aliphatic rings. The molecule has 2 heterocycles. The van der Waals surface area contributed by atoms with Gasteiger partial charge in [0.15, 0.2) is 0 Å². The third kappa shape index (κ3) is 7.61. The Kier molecular flexibility index (Phi) is 9.51. The molecule has 0 saturated carbocycles.